The van der Waals surface area contributed by atoms with Crippen LogP contribution in [0, 0.1) is 0 Å². The molecule has 1 aromatic carbocycles. The minimum Gasteiger partial charge on any atom is -0.389 e. The van der Waals surface area contributed by atoms with Crippen LogP contribution in [0.2, 0.25) is 0 Å². The summed E-state index contributed by atoms with van der Waals surface area (Å²) in [6.07, 6.45) is 0. The van der Waals surface area contributed by atoms with Crippen LogP contribution in [0.5, 0.6) is 0 Å². The van der Waals surface area contributed by atoms with Crippen molar-refractivity contribution in [2.75, 3.05) is 38.3 Å². The number of hydrogen-bond donors (Lipinski definition) is 2. The number of rotatable bonds is 9. The van der Waals surface area contributed by atoms with Gasteiger partial charge in [-0.1, -0.05) is 15.9 Å². The molecule has 120 valence electrons. The third-order valence-corrected chi connectivity index (χ3v) is 3.63. The molecule has 1 aromatic rings. The first-order chi connectivity index (χ1) is 9.87. The summed E-state index contributed by atoms with van der Waals surface area (Å²) >= 11 is 3.53. The molecule has 0 atom stereocenters. The van der Waals surface area contributed by atoms with Crippen LogP contribution < -0.4 is 10.2 Å². The number of anilines is 1. The maximum absolute atomic E-state index is 10.1. The molecule has 0 unspecified atom stereocenters. The third kappa shape index (κ3) is 6.78. The Balaban J connectivity index is 2.87. The van der Waals surface area contributed by atoms with Gasteiger partial charge in [0.2, 0.25) is 0 Å². The van der Waals surface area contributed by atoms with Gasteiger partial charge >= 0.3 is 0 Å². The lowest BCUT2D eigenvalue weighted by Gasteiger charge is -2.31. The summed E-state index contributed by atoms with van der Waals surface area (Å²) in [6.45, 7) is 9.55. The van der Waals surface area contributed by atoms with Gasteiger partial charge in [-0.3, -0.25) is 0 Å². The lowest BCUT2D eigenvalue weighted by molar-refractivity contribution is 0.0875. The molecule has 0 heterocycles. The molecule has 0 bridgehead atoms. The normalized spacial score (nSPS) is 11.7. The van der Waals surface area contributed by atoms with Crippen molar-refractivity contribution in [2.45, 2.75) is 32.9 Å². The van der Waals surface area contributed by atoms with E-state index in [0.717, 1.165) is 29.8 Å². The van der Waals surface area contributed by atoms with Gasteiger partial charge in [0, 0.05) is 43.4 Å². The molecule has 21 heavy (non-hydrogen) atoms. The van der Waals surface area contributed by atoms with Crippen LogP contribution in [-0.2, 0) is 11.3 Å². The highest BCUT2D eigenvalue weighted by atomic mass is 79.9. The Morgan fingerprint density at radius 1 is 1.38 bits per heavy atom. The van der Waals surface area contributed by atoms with Gasteiger partial charge in [-0.2, -0.15) is 0 Å². The van der Waals surface area contributed by atoms with Gasteiger partial charge in [-0.15, -0.1) is 0 Å². The van der Waals surface area contributed by atoms with Crippen molar-refractivity contribution in [2.24, 2.45) is 0 Å². The minimum absolute atomic E-state index is 0.607. The molecule has 0 aliphatic heterocycles. The first-order valence-electron chi connectivity index (χ1n) is 7.32. The lowest BCUT2D eigenvalue weighted by Crippen LogP contribution is -2.39. The van der Waals surface area contributed by atoms with E-state index in [1.165, 1.54) is 5.56 Å². The molecule has 2 N–H and O–H groups in total. The van der Waals surface area contributed by atoms with E-state index < -0.39 is 5.60 Å². The van der Waals surface area contributed by atoms with E-state index in [0.29, 0.717) is 13.2 Å². The number of halogens is 1. The Morgan fingerprint density at radius 2 is 2.10 bits per heavy atom. The number of nitrogens with one attached hydrogen (secondary N) is 1. The maximum Gasteiger partial charge on any atom is 0.0765 e. The zero-order valence-corrected chi connectivity index (χ0v) is 15.0. The highest BCUT2D eigenvalue weighted by molar-refractivity contribution is 9.10. The highest BCUT2D eigenvalue weighted by Crippen LogP contribution is 2.26. The molecule has 0 aliphatic rings. The van der Waals surface area contributed by atoms with Gasteiger partial charge in [-0.05, 0) is 44.5 Å². The van der Waals surface area contributed by atoms with Crippen molar-refractivity contribution in [3.8, 4) is 0 Å². The van der Waals surface area contributed by atoms with Crippen molar-refractivity contribution in [3.63, 3.8) is 0 Å². The first kappa shape index (κ1) is 18.4. The van der Waals surface area contributed by atoms with E-state index in [4.69, 9.17) is 4.74 Å². The second kappa shape index (κ2) is 8.73. The smallest absolute Gasteiger partial charge is 0.0765 e. The van der Waals surface area contributed by atoms with Crippen molar-refractivity contribution in [3.05, 3.63) is 28.2 Å². The number of hydrogen-bond acceptors (Lipinski definition) is 4. The molecule has 1 rings (SSSR count). The fourth-order valence-electron chi connectivity index (χ4n) is 2.24. The number of benzene rings is 1. The Hall–Kier alpha value is -0.620. The summed E-state index contributed by atoms with van der Waals surface area (Å²) in [4.78, 5) is 2.21. The molecule has 0 aromatic heterocycles. The van der Waals surface area contributed by atoms with Crippen molar-refractivity contribution in [1.82, 2.24) is 5.32 Å². The third-order valence-electron chi connectivity index (χ3n) is 3.14. The van der Waals surface area contributed by atoms with Crippen molar-refractivity contribution >= 4 is 21.6 Å². The molecule has 0 saturated heterocycles. The van der Waals surface area contributed by atoms with E-state index in [1.54, 1.807) is 7.11 Å². The molecule has 0 fully saturated rings. The molecular formula is C16H27BrN2O2. The Morgan fingerprint density at radius 3 is 2.67 bits per heavy atom. The number of ether oxygens (including phenoxy) is 1. The SMILES string of the molecule is CCN(CC(C)(C)O)c1ccc(Br)cc1CNCCOC. The zero-order chi connectivity index (χ0) is 15.9. The zero-order valence-electron chi connectivity index (χ0n) is 13.4. The number of likely N-dealkylation sites (N-methyl/N-ethyl adjacent to an activating group) is 1. The lowest BCUT2D eigenvalue weighted by atomic mass is 10.1. The van der Waals surface area contributed by atoms with Crippen LogP contribution in [0.1, 0.15) is 26.3 Å². The number of aliphatic hydroxyl groups is 1. The molecule has 5 heteroatoms. The van der Waals surface area contributed by atoms with Crippen LogP contribution in [0.3, 0.4) is 0 Å². The highest BCUT2D eigenvalue weighted by Gasteiger charge is 2.19. The minimum atomic E-state index is -0.718. The molecule has 0 spiro atoms. The second-order valence-corrected chi connectivity index (χ2v) is 6.68. The maximum atomic E-state index is 10.1. The molecule has 0 aliphatic carbocycles. The van der Waals surface area contributed by atoms with Crippen molar-refractivity contribution < 1.29 is 9.84 Å². The van der Waals surface area contributed by atoms with E-state index in [-0.39, 0.29) is 0 Å². The van der Waals surface area contributed by atoms with Gasteiger partial charge < -0.3 is 20.1 Å². The Labute approximate surface area is 136 Å². The Kier molecular flexibility index (Phi) is 7.66. The summed E-state index contributed by atoms with van der Waals surface area (Å²) in [5.41, 5.74) is 1.66. The fourth-order valence-corrected chi connectivity index (χ4v) is 2.64. The van der Waals surface area contributed by atoms with Crippen LogP contribution in [0.15, 0.2) is 22.7 Å². The molecule has 0 saturated carbocycles. The largest absolute Gasteiger partial charge is 0.389 e. The van der Waals surface area contributed by atoms with E-state index in [1.807, 2.05) is 19.9 Å². The van der Waals surface area contributed by atoms with E-state index in [9.17, 15) is 5.11 Å². The number of nitrogens with zero attached hydrogens (tertiary/aromatic N) is 1. The summed E-state index contributed by atoms with van der Waals surface area (Å²) in [7, 11) is 1.70. The number of methoxy groups -OCH3 is 1. The summed E-state index contributed by atoms with van der Waals surface area (Å²) in [6, 6.07) is 6.27. The first-order valence-corrected chi connectivity index (χ1v) is 8.12. The average molecular weight is 359 g/mol. The van der Waals surface area contributed by atoms with Crippen molar-refractivity contribution in [1.29, 1.82) is 0 Å². The van der Waals surface area contributed by atoms with Crippen LogP contribution >= 0.6 is 15.9 Å². The van der Waals surface area contributed by atoms with E-state index >= 15 is 0 Å². The van der Waals surface area contributed by atoms with Crippen LogP contribution in [0.4, 0.5) is 5.69 Å². The van der Waals surface area contributed by atoms with Gasteiger partial charge in [0.15, 0.2) is 0 Å². The van der Waals surface area contributed by atoms with Crippen LogP contribution in [0.25, 0.3) is 0 Å². The molecular weight excluding hydrogens is 332 g/mol. The fraction of sp³-hybridized carbons (Fsp3) is 0.625. The quantitative estimate of drug-likeness (QED) is 0.666. The van der Waals surface area contributed by atoms with Gasteiger partial charge in [0.05, 0.1) is 12.2 Å². The topological polar surface area (TPSA) is 44.7 Å². The Bertz CT molecular complexity index is 433. The van der Waals surface area contributed by atoms with Gasteiger partial charge in [0.25, 0.3) is 0 Å². The summed E-state index contributed by atoms with van der Waals surface area (Å²) in [5.74, 6) is 0. The molecule has 4 nitrogen and oxygen atoms in total. The average Bonchev–Trinajstić information content (AvgIpc) is 2.40. The monoisotopic (exact) mass is 358 g/mol. The molecule has 0 radical (unpaired) electrons. The standard InChI is InChI=1S/C16H27BrN2O2/c1-5-19(12-16(2,3)20)15-7-6-14(17)10-13(15)11-18-8-9-21-4/h6-7,10,18,20H,5,8-9,11-12H2,1-4H3. The second-order valence-electron chi connectivity index (χ2n) is 5.77. The van der Waals surface area contributed by atoms with Gasteiger partial charge in [0.1, 0.15) is 0 Å². The predicted octanol–water partition coefficient (Wildman–Crippen LogP) is 2.78. The summed E-state index contributed by atoms with van der Waals surface area (Å²) in [5, 5.41) is 13.5. The van der Waals surface area contributed by atoms with Crippen LogP contribution in [-0.4, -0.2) is 44.1 Å². The predicted molar refractivity (Wildman–Crippen MR) is 91.9 cm³/mol. The molecule has 0 amide bonds. The summed E-state index contributed by atoms with van der Waals surface area (Å²) < 4.78 is 6.12. The van der Waals surface area contributed by atoms with E-state index in [2.05, 4.69) is 45.2 Å². The van der Waals surface area contributed by atoms with Gasteiger partial charge in [-0.25, -0.2) is 0 Å².